The Labute approximate surface area is 238 Å². The third-order valence-electron chi connectivity index (χ3n) is 8.44. The van der Waals surface area contributed by atoms with Crippen LogP contribution < -0.4 is 11.1 Å². The van der Waals surface area contributed by atoms with Gasteiger partial charge in [-0.05, 0) is 94.0 Å². The standard InChI is InChI=1S/C32H45N5O3/c1-22(2)21-37(31(39)26-7-4-6-23(3)16-26)28-13-15-36(32(40)27-8-5-14-34-20-27)29(17-28)30(38)35-19-25-11-9-24(18-33)10-12-25/h4-8,14,16,20,22,24-25,28-29H,9-13,15,17-19,21,33H2,1-3H3,(H,35,38)/t24?,25?,28?,29-/m1/s1. The number of hydrogen-bond donors (Lipinski definition) is 2. The third-order valence-corrected chi connectivity index (χ3v) is 8.44. The number of aromatic nitrogens is 1. The Kier molecular flexibility index (Phi) is 10.3. The molecule has 2 aromatic rings. The molecule has 1 aromatic heterocycles. The number of hydrogen-bond acceptors (Lipinski definition) is 5. The summed E-state index contributed by atoms with van der Waals surface area (Å²) in [6.07, 6.45) is 8.50. The Morgan fingerprint density at radius 1 is 1.05 bits per heavy atom. The summed E-state index contributed by atoms with van der Waals surface area (Å²) in [5.41, 5.74) is 8.01. The first-order valence-corrected chi connectivity index (χ1v) is 14.8. The monoisotopic (exact) mass is 547 g/mol. The molecule has 216 valence electrons. The number of benzene rings is 1. The molecule has 1 unspecified atom stereocenters. The minimum atomic E-state index is -0.660. The fraction of sp³-hybridized carbons (Fsp3) is 0.562. The first kappa shape index (κ1) is 29.7. The molecule has 2 heterocycles. The molecule has 1 saturated heterocycles. The summed E-state index contributed by atoms with van der Waals surface area (Å²) in [5.74, 6) is 0.904. The van der Waals surface area contributed by atoms with Gasteiger partial charge < -0.3 is 20.9 Å². The van der Waals surface area contributed by atoms with Crippen LogP contribution in [-0.4, -0.2) is 70.8 Å². The second-order valence-electron chi connectivity index (χ2n) is 12.0. The van der Waals surface area contributed by atoms with Crippen molar-refractivity contribution in [2.24, 2.45) is 23.5 Å². The van der Waals surface area contributed by atoms with Crippen LogP contribution in [-0.2, 0) is 4.79 Å². The maximum Gasteiger partial charge on any atom is 0.256 e. The molecule has 1 aliphatic heterocycles. The van der Waals surface area contributed by atoms with E-state index in [4.69, 9.17) is 5.73 Å². The van der Waals surface area contributed by atoms with Crippen LogP contribution in [0.3, 0.4) is 0 Å². The van der Waals surface area contributed by atoms with Crippen molar-refractivity contribution in [3.63, 3.8) is 0 Å². The zero-order valence-corrected chi connectivity index (χ0v) is 24.2. The van der Waals surface area contributed by atoms with Crippen LogP contribution in [0.2, 0.25) is 0 Å². The zero-order valence-electron chi connectivity index (χ0n) is 24.2. The van der Waals surface area contributed by atoms with Gasteiger partial charge in [-0.15, -0.1) is 0 Å². The van der Waals surface area contributed by atoms with Gasteiger partial charge in [0.1, 0.15) is 6.04 Å². The number of carbonyl (C=O) groups is 3. The van der Waals surface area contributed by atoms with Gasteiger partial charge in [-0.2, -0.15) is 0 Å². The molecular weight excluding hydrogens is 502 g/mol. The largest absolute Gasteiger partial charge is 0.354 e. The Morgan fingerprint density at radius 3 is 2.42 bits per heavy atom. The lowest BCUT2D eigenvalue weighted by molar-refractivity contribution is -0.127. The summed E-state index contributed by atoms with van der Waals surface area (Å²) in [5, 5.41) is 3.18. The van der Waals surface area contributed by atoms with E-state index in [1.165, 1.54) is 0 Å². The lowest BCUT2D eigenvalue weighted by Crippen LogP contribution is -2.58. The van der Waals surface area contributed by atoms with Crippen LogP contribution in [0, 0.1) is 24.7 Å². The number of aryl methyl sites for hydroxylation is 1. The fourth-order valence-electron chi connectivity index (χ4n) is 6.15. The number of nitrogens with one attached hydrogen (secondary N) is 1. The van der Waals surface area contributed by atoms with E-state index in [1.807, 2.05) is 36.1 Å². The molecule has 8 heteroatoms. The van der Waals surface area contributed by atoms with Crippen molar-refractivity contribution < 1.29 is 14.4 Å². The zero-order chi connectivity index (χ0) is 28.6. The third kappa shape index (κ3) is 7.47. The van der Waals surface area contributed by atoms with Crippen molar-refractivity contribution in [3.8, 4) is 0 Å². The Bertz CT molecular complexity index is 1150. The molecule has 3 amide bonds. The number of likely N-dealkylation sites (tertiary alicyclic amines) is 1. The maximum atomic E-state index is 13.8. The van der Waals surface area contributed by atoms with Gasteiger partial charge in [-0.25, -0.2) is 0 Å². The molecule has 1 aliphatic carbocycles. The van der Waals surface area contributed by atoms with Crippen LogP contribution in [0.15, 0.2) is 48.8 Å². The van der Waals surface area contributed by atoms with Crippen molar-refractivity contribution in [1.29, 1.82) is 0 Å². The highest BCUT2D eigenvalue weighted by atomic mass is 16.2. The average Bonchev–Trinajstić information content (AvgIpc) is 2.98. The molecule has 0 radical (unpaired) electrons. The highest BCUT2D eigenvalue weighted by Gasteiger charge is 2.40. The normalized spacial score (nSPS) is 23.1. The summed E-state index contributed by atoms with van der Waals surface area (Å²) in [4.78, 5) is 48.8. The van der Waals surface area contributed by atoms with Crippen LogP contribution >= 0.6 is 0 Å². The summed E-state index contributed by atoms with van der Waals surface area (Å²) in [7, 11) is 0. The topological polar surface area (TPSA) is 109 Å². The molecule has 1 saturated carbocycles. The van der Waals surface area contributed by atoms with E-state index in [0.717, 1.165) is 37.8 Å². The van der Waals surface area contributed by atoms with Gasteiger partial charge in [0.25, 0.3) is 11.8 Å². The first-order valence-electron chi connectivity index (χ1n) is 14.8. The van der Waals surface area contributed by atoms with Gasteiger partial charge in [0.2, 0.25) is 5.91 Å². The van der Waals surface area contributed by atoms with Gasteiger partial charge in [0.05, 0.1) is 5.56 Å². The second kappa shape index (κ2) is 13.9. The Hall–Kier alpha value is -3.26. The van der Waals surface area contributed by atoms with Crippen LogP contribution in [0.1, 0.15) is 78.7 Å². The molecule has 8 nitrogen and oxygen atoms in total. The fourth-order valence-corrected chi connectivity index (χ4v) is 6.15. The quantitative estimate of drug-likeness (QED) is 0.493. The minimum Gasteiger partial charge on any atom is -0.354 e. The molecular formula is C32H45N5O3. The average molecular weight is 548 g/mol. The molecule has 40 heavy (non-hydrogen) atoms. The SMILES string of the molecule is Cc1cccc(C(=O)N(CC(C)C)C2CCN(C(=O)c3cccnc3)[C@@H](C(=O)NCC3CCC(CN)CC3)C2)c1. The van der Waals surface area contributed by atoms with E-state index < -0.39 is 6.04 Å². The molecule has 1 aromatic carbocycles. The lowest BCUT2D eigenvalue weighted by atomic mass is 9.82. The number of nitrogens with two attached hydrogens (primary N) is 1. The Morgan fingerprint density at radius 2 is 1.77 bits per heavy atom. The van der Waals surface area contributed by atoms with Crippen LogP contribution in [0.5, 0.6) is 0 Å². The van der Waals surface area contributed by atoms with Crippen molar-refractivity contribution in [2.45, 2.75) is 71.4 Å². The Balaban J connectivity index is 1.54. The van der Waals surface area contributed by atoms with Gasteiger partial charge in [-0.3, -0.25) is 19.4 Å². The van der Waals surface area contributed by atoms with Crippen molar-refractivity contribution in [1.82, 2.24) is 20.1 Å². The number of piperidine rings is 1. The summed E-state index contributed by atoms with van der Waals surface area (Å²) >= 11 is 0. The molecule has 4 rings (SSSR count). The van der Waals surface area contributed by atoms with Crippen molar-refractivity contribution >= 4 is 17.7 Å². The van der Waals surface area contributed by atoms with Crippen molar-refractivity contribution in [3.05, 3.63) is 65.5 Å². The maximum absolute atomic E-state index is 13.8. The van der Waals surface area contributed by atoms with E-state index >= 15 is 0 Å². The van der Waals surface area contributed by atoms with E-state index in [9.17, 15) is 14.4 Å². The van der Waals surface area contributed by atoms with Gasteiger partial charge in [0, 0.05) is 43.6 Å². The molecule has 2 aliphatic rings. The minimum absolute atomic E-state index is 0.0229. The molecule has 0 spiro atoms. The highest BCUT2D eigenvalue weighted by molar-refractivity contribution is 5.98. The predicted octanol–water partition coefficient (Wildman–Crippen LogP) is 4.04. The van der Waals surface area contributed by atoms with Gasteiger partial charge >= 0.3 is 0 Å². The number of rotatable bonds is 9. The van der Waals surface area contributed by atoms with E-state index in [1.54, 1.807) is 29.4 Å². The molecule has 0 bridgehead atoms. The highest BCUT2D eigenvalue weighted by Crippen LogP contribution is 2.29. The molecule has 2 fully saturated rings. The predicted molar refractivity (Wildman–Crippen MR) is 157 cm³/mol. The number of nitrogens with zero attached hydrogens (tertiary/aromatic N) is 3. The van der Waals surface area contributed by atoms with Crippen LogP contribution in [0.4, 0.5) is 0 Å². The summed E-state index contributed by atoms with van der Waals surface area (Å²) in [6.45, 7) is 8.49. The smallest absolute Gasteiger partial charge is 0.256 e. The lowest BCUT2D eigenvalue weighted by Gasteiger charge is -2.43. The summed E-state index contributed by atoms with van der Waals surface area (Å²) < 4.78 is 0. The van der Waals surface area contributed by atoms with Gasteiger partial charge in [-0.1, -0.05) is 31.5 Å². The summed E-state index contributed by atoms with van der Waals surface area (Å²) in [6, 6.07) is 10.3. The number of amides is 3. The van der Waals surface area contributed by atoms with E-state index in [2.05, 4.69) is 24.1 Å². The van der Waals surface area contributed by atoms with Crippen molar-refractivity contribution in [2.75, 3.05) is 26.2 Å². The van der Waals surface area contributed by atoms with Gasteiger partial charge in [0.15, 0.2) is 0 Å². The molecule has 2 atom stereocenters. The van der Waals surface area contributed by atoms with Crippen LogP contribution in [0.25, 0.3) is 0 Å². The first-order chi connectivity index (χ1) is 19.3. The van der Waals surface area contributed by atoms with E-state index in [0.29, 0.717) is 55.4 Å². The number of pyridine rings is 1. The number of carbonyl (C=O) groups excluding carboxylic acids is 3. The molecule has 3 N–H and O–H groups in total. The second-order valence-corrected chi connectivity index (χ2v) is 12.0. The van der Waals surface area contributed by atoms with E-state index in [-0.39, 0.29) is 29.7 Å².